The quantitative estimate of drug-likeness (QED) is 0.154. The molecule has 41 heavy (non-hydrogen) atoms. The highest BCUT2D eigenvalue weighted by molar-refractivity contribution is 6.09. The molecule has 0 bridgehead atoms. The van der Waals surface area contributed by atoms with Gasteiger partial charge in [-0.3, -0.25) is 9.59 Å². The summed E-state index contributed by atoms with van der Waals surface area (Å²) >= 11 is 0. The Morgan fingerprint density at radius 2 is 1.37 bits per heavy atom. The normalized spacial score (nSPS) is 16.3. The number of phenols is 7. The van der Waals surface area contributed by atoms with Gasteiger partial charge in [0, 0.05) is 29.8 Å². The van der Waals surface area contributed by atoms with Crippen molar-refractivity contribution < 1.29 is 49.7 Å². The number of hydrogen-bond acceptors (Lipinski definition) is 11. The number of ether oxygens (including phenoxy) is 1. The fourth-order valence-corrected chi connectivity index (χ4v) is 5.07. The van der Waals surface area contributed by atoms with Gasteiger partial charge < -0.3 is 44.9 Å². The molecule has 0 saturated heterocycles. The summed E-state index contributed by atoms with van der Waals surface area (Å²) in [5.41, 5.74) is -1.16. The van der Waals surface area contributed by atoms with Crippen molar-refractivity contribution in [1.29, 1.82) is 0 Å². The molecule has 0 radical (unpaired) electrons. The fourth-order valence-electron chi connectivity index (χ4n) is 5.07. The summed E-state index contributed by atoms with van der Waals surface area (Å²) in [4.78, 5) is 27.3. The van der Waals surface area contributed by atoms with Gasteiger partial charge in [0.2, 0.25) is 0 Å². The number of Topliss-reactive ketones (excluding diaryl/α,β-unsaturated/α-hetero) is 1. The second-order valence-corrected chi connectivity index (χ2v) is 9.52. The van der Waals surface area contributed by atoms with Crippen LogP contribution in [-0.4, -0.2) is 41.5 Å². The summed E-state index contributed by atoms with van der Waals surface area (Å²) in [6, 6.07) is 13.3. The van der Waals surface area contributed by atoms with E-state index in [1.54, 1.807) is 0 Å². The number of ketones is 1. The zero-order valence-electron chi connectivity index (χ0n) is 20.8. The van der Waals surface area contributed by atoms with Crippen LogP contribution in [0.5, 0.6) is 46.0 Å². The smallest absolute Gasteiger partial charge is 0.197 e. The Labute approximate surface area is 229 Å². The largest absolute Gasteiger partial charge is 0.508 e. The molecule has 11 heteroatoms. The molecule has 6 rings (SSSR count). The second kappa shape index (κ2) is 9.12. The van der Waals surface area contributed by atoms with Crippen LogP contribution in [0, 0.1) is 0 Å². The molecular weight excluding hydrogens is 536 g/mol. The molecule has 1 aliphatic rings. The maximum absolute atomic E-state index is 14.1. The molecule has 0 fully saturated rings. The van der Waals surface area contributed by atoms with Gasteiger partial charge in [-0.05, 0) is 35.9 Å². The SMILES string of the molecule is O=C1c2c(O)cc(O)cc2O[C@H](c2ccc(O)cc2)[C@H]1c1c(O)cc(O)c2c(=O)cc(-c3ccc(O)c(O)c3)oc12. The number of fused-ring (bicyclic) bond motifs is 2. The summed E-state index contributed by atoms with van der Waals surface area (Å²) in [6.45, 7) is 0. The number of carbonyl (C=O) groups excluding carboxylic acids is 1. The van der Waals surface area contributed by atoms with Crippen LogP contribution in [-0.2, 0) is 0 Å². The number of carbonyl (C=O) groups is 1. The van der Waals surface area contributed by atoms with Gasteiger partial charge >= 0.3 is 0 Å². The van der Waals surface area contributed by atoms with E-state index >= 15 is 0 Å². The Kier molecular flexibility index (Phi) is 5.66. The summed E-state index contributed by atoms with van der Waals surface area (Å²) in [5, 5.41) is 71.4. The summed E-state index contributed by atoms with van der Waals surface area (Å²) in [7, 11) is 0. The van der Waals surface area contributed by atoms with E-state index in [-0.39, 0.29) is 50.7 Å². The van der Waals surface area contributed by atoms with Crippen molar-refractivity contribution in [3.8, 4) is 57.3 Å². The average molecular weight is 556 g/mol. The molecule has 0 unspecified atom stereocenters. The first-order valence-corrected chi connectivity index (χ1v) is 12.1. The maximum atomic E-state index is 14.1. The highest BCUT2D eigenvalue weighted by Crippen LogP contribution is 2.52. The Bertz CT molecular complexity index is 1940. The zero-order valence-corrected chi connectivity index (χ0v) is 20.8. The number of rotatable bonds is 3. The van der Waals surface area contributed by atoms with Gasteiger partial charge in [-0.15, -0.1) is 0 Å². The minimum Gasteiger partial charge on any atom is -0.508 e. The van der Waals surface area contributed by atoms with Crippen LogP contribution in [0.25, 0.3) is 22.3 Å². The van der Waals surface area contributed by atoms with Gasteiger partial charge in [-0.2, -0.15) is 0 Å². The van der Waals surface area contributed by atoms with Gasteiger partial charge in [0.15, 0.2) is 22.7 Å². The van der Waals surface area contributed by atoms with Crippen molar-refractivity contribution >= 4 is 16.8 Å². The van der Waals surface area contributed by atoms with Crippen LogP contribution in [0.2, 0.25) is 0 Å². The monoisotopic (exact) mass is 556 g/mol. The lowest BCUT2D eigenvalue weighted by molar-refractivity contribution is 0.0772. The molecule has 2 atom stereocenters. The van der Waals surface area contributed by atoms with E-state index in [2.05, 4.69) is 0 Å². The van der Waals surface area contributed by atoms with E-state index in [9.17, 15) is 45.3 Å². The molecular formula is C30H20O11. The first kappa shape index (κ1) is 25.4. The van der Waals surface area contributed by atoms with Gasteiger partial charge in [-0.1, -0.05) is 12.1 Å². The Balaban J connectivity index is 1.67. The first-order valence-electron chi connectivity index (χ1n) is 12.1. The number of benzene rings is 4. The van der Waals surface area contributed by atoms with E-state index in [0.717, 1.165) is 30.3 Å². The lowest BCUT2D eigenvalue weighted by Crippen LogP contribution is -2.30. The Morgan fingerprint density at radius 3 is 2.07 bits per heavy atom. The standard InChI is InChI=1S/C30H20O11/c31-14-4-1-12(2-5-14)29-27(28(39)25-18(35)8-15(32)9-23(25)41-29)26-20(37)10-19(36)24-21(38)11-22(40-30(24)26)13-3-6-16(33)17(34)7-13/h1-11,27,29,31-37H/t27-,29+/m0/s1. The third-order valence-corrected chi connectivity index (χ3v) is 6.94. The van der Waals surface area contributed by atoms with Crippen LogP contribution < -0.4 is 10.2 Å². The van der Waals surface area contributed by atoms with E-state index in [4.69, 9.17) is 9.15 Å². The third kappa shape index (κ3) is 4.07. The van der Waals surface area contributed by atoms with Crippen LogP contribution in [0.1, 0.15) is 33.5 Å². The highest BCUT2D eigenvalue weighted by Gasteiger charge is 2.44. The molecule has 2 heterocycles. The van der Waals surface area contributed by atoms with Crippen LogP contribution >= 0.6 is 0 Å². The van der Waals surface area contributed by atoms with E-state index in [0.29, 0.717) is 5.56 Å². The van der Waals surface area contributed by atoms with Crippen molar-refractivity contribution in [1.82, 2.24) is 0 Å². The van der Waals surface area contributed by atoms with Crippen LogP contribution in [0.15, 0.2) is 75.9 Å². The van der Waals surface area contributed by atoms with E-state index in [1.807, 2.05) is 0 Å². The lowest BCUT2D eigenvalue weighted by Gasteiger charge is -2.34. The maximum Gasteiger partial charge on any atom is 0.197 e. The van der Waals surface area contributed by atoms with E-state index < -0.39 is 52.0 Å². The molecule has 1 aliphatic heterocycles. The first-order chi connectivity index (χ1) is 19.5. The average Bonchev–Trinajstić information content (AvgIpc) is 2.90. The Hall–Kier alpha value is -5.84. The number of aromatic hydroxyl groups is 7. The van der Waals surface area contributed by atoms with Gasteiger partial charge in [0.1, 0.15) is 62.9 Å². The number of phenolic OH excluding ortho intramolecular Hbond substituents is 7. The van der Waals surface area contributed by atoms with Crippen LogP contribution in [0.4, 0.5) is 0 Å². The summed E-state index contributed by atoms with van der Waals surface area (Å²) in [5.74, 6) is -5.72. The summed E-state index contributed by atoms with van der Waals surface area (Å²) < 4.78 is 12.1. The van der Waals surface area contributed by atoms with Crippen molar-refractivity contribution in [2.24, 2.45) is 0 Å². The Morgan fingerprint density at radius 1 is 0.634 bits per heavy atom. The van der Waals surface area contributed by atoms with E-state index in [1.165, 1.54) is 36.4 Å². The fraction of sp³-hybridized carbons (Fsp3) is 0.0667. The second-order valence-electron chi connectivity index (χ2n) is 9.52. The topological polar surface area (TPSA) is 198 Å². The van der Waals surface area contributed by atoms with Gasteiger partial charge in [0.25, 0.3) is 0 Å². The third-order valence-electron chi connectivity index (χ3n) is 6.94. The molecule has 1 aromatic heterocycles. The molecule has 0 amide bonds. The number of hydrogen-bond donors (Lipinski definition) is 7. The molecule has 4 aromatic carbocycles. The van der Waals surface area contributed by atoms with Crippen molar-refractivity contribution in [3.05, 3.63) is 93.6 Å². The van der Waals surface area contributed by atoms with Gasteiger partial charge in [-0.25, -0.2) is 0 Å². The minimum absolute atomic E-state index is 0.0751. The minimum atomic E-state index is -1.47. The molecule has 0 aliphatic carbocycles. The predicted octanol–water partition coefficient (Wildman–Crippen LogP) is 4.50. The molecule has 7 N–H and O–H groups in total. The van der Waals surface area contributed by atoms with Crippen molar-refractivity contribution in [3.63, 3.8) is 0 Å². The molecule has 0 saturated carbocycles. The van der Waals surface area contributed by atoms with Crippen molar-refractivity contribution in [2.45, 2.75) is 12.0 Å². The predicted molar refractivity (Wildman–Crippen MR) is 143 cm³/mol. The molecule has 11 nitrogen and oxygen atoms in total. The van der Waals surface area contributed by atoms with Crippen LogP contribution in [0.3, 0.4) is 0 Å². The lowest BCUT2D eigenvalue weighted by atomic mass is 9.79. The zero-order chi connectivity index (χ0) is 29.2. The van der Waals surface area contributed by atoms with Crippen molar-refractivity contribution in [2.75, 3.05) is 0 Å². The molecule has 0 spiro atoms. The highest BCUT2D eigenvalue weighted by atomic mass is 16.5. The summed E-state index contributed by atoms with van der Waals surface area (Å²) in [6.07, 6.45) is -1.23. The van der Waals surface area contributed by atoms with Gasteiger partial charge in [0.05, 0.1) is 11.5 Å². The molecule has 206 valence electrons. The molecule has 5 aromatic rings.